The lowest BCUT2D eigenvalue weighted by Crippen LogP contribution is -2.29. The van der Waals surface area contributed by atoms with Crippen LogP contribution in [0.25, 0.3) is 11.1 Å². The van der Waals surface area contributed by atoms with Gasteiger partial charge in [0.15, 0.2) is 6.10 Å². The molecule has 2 aliphatic carbocycles. The van der Waals surface area contributed by atoms with Crippen LogP contribution in [-0.4, -0.2) is 31.9 Å². The van der Waals surface area contributed by atoms with Crippen LogP contribution in [0.5, 0.6) is 5.75 Å². The zero-order valence-corrected chi connectivity index (χ0v) is 21.4. The summed E-state index contributed by atoms with van der Waals surface area (Å²) in [5.41, 5.74) is 7.65. The second kappa shape index (κ2) is 13.1. The van der Waals surface area contributed by atoms with Gasteiger partial charge in [-0.05, 0) is 71.7 Å². The molecule has 0 spiro atoms. The molecule has 0 bridgehead atoms. The smallest absolute Gasteiger partial charge is 0.335 e. The van der Waals surface area contributed by atoms with Gasteiger partial charge in [-0.3, -0.25) is 0 Å². The highest BCUT2D eigenvalue weighted by atomic mass is 16.6. The Labute approximate surface area is 215 Å². The molecule has 1 atom stereocenters. The molecule has 0 heterocycles. The van der Waals surface area contributed by atoms with Crippen molar-refractivity contribution in [1.82, 2.24) is 0 Å². The maximum Gasteiger partial charge on any atom is 0.335 e. The molecule has 2 aromatic rings. The average molecular weight is 485 g/mol. The van der Waals surface area contributed by atoms with Crippen molar-refractivity contribution in [3.63, 3.8) is 0 Å². The number of hydrogen-bond acceptors (Lipinski definition) is 4. The van der Waals surface area contributed by atoms with Crippen LogP contribution in [0.15, 0.2) is 84.5 Å². The summed E-state index contributed by atoms with van der Waals surface area (Å²) < 4.78 is 16.9. The van der Waals surface area contributed by atoms with Gasteiger partial charge in [0.2, 0.25) is 0 Å². The van der Waals surface area contributed by atoms with Crippen molar-refractivity contribution in [1.29, 1.82) is 0 Å². The van der Waals surface area contributed by atoms with Crippen LogP contribution in [0.4, 0.5) is 0 Å². The highest BCUT2D eigenvalue weighted by molar-refractivity contribution is 5.89. The fourth-order valence-corrected chi connectivity index (χ4v) is 4.61. The maximum atomic E-state index is 12.2. The van der Waals surface area contributed by atoms with Crippen LogP contribution in [0.2, 0.25) is 0 Å². The molecule has 1 unspecified atom stereocenters. The number of carbonyl (C=O) groups excluding carboxylic acids is 1. The van der Waals surface area contributed by atoms with Gasteiger partial charge in [-0.1, -0.05) is 73.7 Å². The van der Waals surface area contributed by atoms with Gasteiger partial charge in [-0.2, -0.15) is 0 Å². The lowest BCUT2D eigenvalue weighted by Gasteiger charge is -2.16. The standard InChI is InChI=1S/C32H36O4/c1-3-21-36-31(32(33)34-4-2)23-24-15-19-27(20-16-24)35-22-9-11-26-18-17-25-10-5-6-12-28(25)30-14-8-7-13-29(26)30/h5,7-8,10-11,13-20,31H,3-4,6,9,12,21-23H2,1-2H3. The summed E-state index contributed by atoms with van der Waals surface area (Å²) in [7, 11) is 0. The van der Waals surface area contributed by atoms with Gasteiger partial charge in [-0.25, -0.2) is 4.79 Å². The largest absolute Gasteiger partial charge is 0.493 e. The number of ether oxygens (including phenoxy) is 3. The van der Waals surface area contributed by atoms with Gasteiger partial charge in [0.1, 0.15) is 5.75 Å². The van der Waals surface area contributed by atoms with E-state index in [9.17, 15) is 4.79 Å². The number of benzene rings is 2. The molecule has 4 rings (SSSR count). The Morgan fingerprint density at radius 3 is 2.56 bits per heavy atom. The van der Waals surface area contributed by atoms with Crippen LogP contribution in [-0.2, 0) is 20.7 Å². The van der Waals surface area contributed by atoms with E-state index in [0.717, 1.165) is 37.0 Å². The van der Waals surface area contributed by atoms with Crippen molar-refractivity contribution in [3.05, 3.63) is 101 Å². The van der Waals surface area contributed by atoms with Crippen LogP contribution in [0.1, 0.15) is 56.2 Å². The molecule has 0 amide bonds. The van der Waals surface area contributed by atoms with Gasteiger partial charge in [0.25, 0.3) is 0 Å². The first-order chi connectivity index (χ1) is 17.7. The Kier molecular flexibility index (Phi) is 9.34. The molecule has 0 aromatic heterocycles. The summed E-state index contributed by atoms with van der Waals surface area (Å²) in [6.45, 7) is 5.32. The Bertz CT molecular complexity index is 1150. The fraction of sp³-hybridized carbons (Fsp3) is 0.344. The van der Waals surface area contributed by atoms with E-state index in [1.807, 2.05) is 38.1 Å². The van der Waals surface area contributed by atoms with E-state index in [1.165, 1.54) is 27.8 Å². The third kappa shape index (κ3) is 6.64. The summed E-state index contributed by atoms with van der Waals surface area (Å²) in [4.78, 5) is 12.2. The number of hydrogen-bond donors (Lipinski definition) is 0. The quantitative estimate of drug-likeness (QED) is 0.252. The number of carbonyl (C=O) groups is 1. The molecule has 36 heavy (non-hydrogen) atoms. The number of esters is 1. The fourth-order valence-electron chi connectivity index (χ4n) is 4.61. The summed E-state index contributed by atoms with van der Waals surface area (Å²) in [5, 5.41) is 0. The summed E-state index contributed by atoms with van der Waals surface area (Å²) >= 11 is 0. The van der Waals surface area contributed by atoms with E-state index < -0.39 is 6.10 Å². The van der Waals surface area contributed by atoms with Crippen molar-refractivity contribution >= 4 is 17.1 Å². The molecule has 0 saturated heterocycles. The predicted molar refractivity (Wildman–Crippen MR) is 146 cm³/mol. The van der Waals surface area contributed by atoms with E-state index in [1.54, 1.807) is 0 Å². The first-order valence-corrected chi connectivity index (χ1v) is 13.1. The molecular formula is C32H36O4. The SMILES string of the molecule is CCCOC(Cc1ccc(OCCC=C2C=CC3=C(CCC=C3)c3ccccc32)cc1)C(=O)OCC. The number of allylic oxidation sites excluding steroid dienone is 7. The molecule has 2 aromatic carbocycles. The zero-order chi connectivity index (χ0) is 25.2. The van der Waals surface area contributed by atoms with Gasteiger partial charge in [0.05, 0.1) is 13.2 Å². The first kappa shape index (κ1) is 25.7. The lowest BCUT2D eigenvalue weighted by molar-refractivity contribution is -0.156. The topological polar surface area (TPSA) is 44.8 Å². The highest BCUT2D eigenvalue weighted by Crippen LogP contribution is 2.37. The summed E-state index contributed by atoms with van der Waals surface area (Å²) in [6.07, 6.45) is 15.0. The first-order valence-electron chi connectivity index (χ1n) is 13.1. The van der Waals surface area contributed by atoms with Gasteiger partial charge >= 0.3 is 5.97 Å². The van der Waals surface area contributed by atoms with Gasteiger partial charge in [-0.15, -0.1) is 0 Å². The Balaban J connectivity index is 1.35. The normalized spacial score (nSPS) is 16.3. The summed E-state index contributed by atoms with van der Waals surface area (Å²) in [6, 6.07) is 16.6. The van der Waals surface area contributed by atoms with E-state index in [2.05, 4.69) is 54.6 Å². The summed E-state index contributed by atoms with van der Waals surface area (Å²) in [5.74, 6) is 0.513. The Morgan fingerprint density at radius 1 is 0.972 bits per heavy atom. The molecule has 0 aliphatic heterocycles. The van der Waals surface area contributed by atoms with E-state index in [0.29, 0.717) is 26.2 Å². The third-order valence-electron chi connectivity index (χ3n) is 6.38. The van der Waals surface area contributed by atoms with Crippen molar-refractivity contribution in [2.45, 2.75) is 52.1 Å². The Morgan fingerprint density at radius 2 is 1.78 bits per heavy atom. The second-order valence-electron chi connectivity index (χ2n) is 9.01. The van der Waals surface area contributed by atoms with Crippen LogP contribution in [0.3, 0.4) is 0 Å². The molecule has 4 heteroatoms. The minimum absolute atomic E-state index is 0.305. The van der Waals surface area contributed by atoms with Crippen LogP contribution in [0, 0.1) is 0 Å². The third-order valence-corrected chi connectivity index (χ3v) is 6.38. The van der Waals surface area contributed by atoms with Gasteiger partial charge < -0.3 is 14.2 Å². The molecular weight excluding hydrogens is 448 g/mol. The van der Waals surface area contributed by atoms with Crippen LogP contribution >= 0.6 is 0 Å². The van der Waals surface area contributed by atoms with Gasteiger partial charge in [0, 0.05) is 19.4 Å². The maximum absolute atomic E-state index is 12.2. The van der Waals surface area contributed by atoms with Crippen molar-refractivity contribution in [3.8, 4) is 5.75 Å². The number of fused-ring (bicyclic) bond motifs is 2. The second-order valence-corrected chi connectivity index (χ2v) is 9.01. The molecule has 0 fully saturated rings. The van der Waals surface area contributed by atoms with Crippen molar-refractivity contribution < 1.29 is 19.0 Å². The highest BCUT2D eigenvalue weighted by Gasteiger charge is 2.21. The minimum atomic E-state index is -0.575. The van der Waals surface area contributed by atoms with Crippen LogP contribution < -0.4 is 4.74 Å². The van der Waals surface area contributed by atoms with E-state index in [-0.39, 0.29) is 5.97 Å². The van der Waals surface area contributed by atoms with Crippen molar-refractivity contribution in [2.75, 3.05) is 19.8 Å². The molecule has 188 valence electrons. The number of rotatable bonds is 11. The Hall–Kier alpha value is -3.37. The van der Waals surface area contributed by atoms with E-state index in [4.69, 9.17) is 14.2 Å². The lowest BCUT2D eigenvalue weighted by atomic mass is 9.89. The predicted octanol–water partition coefficient (Wildman–Crippen LogP) is 7.11. The van der Waals surface area contributed by atoms with E-state index >= 15 is 0 Å². The molecule has 4 nitrogen and oxygen atoms in total. The minimum Gasteiger partial charge on any atom is -0.493 e. The molecule has 0 saturated carbocycles. The monoisotopic (exact) mass is 484 g/mol. The molecule has 2 aliphatic rings. The molecule has 0 N–H and O–H groups in total. The average Bonchev–Trinajstić information content (AvgIpc) is 3.07. The van der Waals surface area contributed by atoms with Crippen molar-refractivity contribution in [2.24, 2.45) is 0 Å². The zero-order valence-electron chi connectivity index (χ0n) is 21.4. The molecule has 0 radical (unpaired) electrons.